The van der Waals surface area contributed by atoms with Gasteiger partial charge < -0.3 is 15.6 Å². The summed E-state index contributed by atoms with van der Waals surface area (Å²) in [6, 6.07) is 0. The second-order valence-corrected chi connectivity index (χ2v) is 4.80. The van der Waals surface area contributed by atoms with E-state index < -0.39 is 0 Å². The number of nitrogens with two attached hydrogens (primary N) is 1. The van der Waals surface area contributed by atoms with Gasteiger partial charge in [-0.05, 0) is 12.3 Å². The van der Waals surface area contributed by atoms with Crippen LogP contribution in [-0.4, -0.2) is 37.3 Å². The van der Waals surface area contributed by atoms with Crippen molar-refractivity contribution in [3.05, 3.63) is 16.7 Å². The number of aliphatic hydroxyl groups is 1. The van der Waals surface area contributed by atoms with Crippen LogP contribution in [-0.2, 0) is 4.74 Å². The zero-order valence-corrected chi connectivity index (χ0v) is 10.4. The molecule has 1 saturated heterocycles. The van der Waals surface area contributed by atoms with Crippen molar-refractivity contribution < 1.29 is 9.84 Å². The van der Waals surface area contributed by atoms with Crippen molar-refractivity contribution >= 4 is 17.1 Å². The van der Waals surface area contributed by atoms with E-state index in [-0.39, 0.29) is 41.9 Å². The normalized spacial score (nSPS) is 27.2. The number of nitrogen functional groups attached to an aromatic ring is 1. The first kappa shape index (κ1) is 12.1. The second-order valence-electron chi connectivity index (χ2n) is 4.80. The van der Waals surface area contributed by atoms with Crippen LogP contribution in [0.3, 0.4) is 0 Å². The summed E-state index contributed by atoms with van der Waals surface area (Å²) in [5.41, 5.74) is 5.81. The molecule has 8 nitrogen and oxygen atoms in total. The molecule has 3 rings (SSSR count). The molecule has 2 aromatic rings. The highest BCUT2D eigenvalue weighted by molar-refractivity contribution is 5.70. The van der Waals surface area contributed by atoms with Gasteiger partial charge in [-0.1, -0.05) is 6.92 Å². The molecule has 1 aliphatic heterocycles. The number of nitrogens with zero attached hydrogens (tertiary/aromatic N) is 3. The Morgan fingerprint density at radius 3 is 3.16 bits per heavy atom. The molecule has 0 spiro atoms. The largest absolute Gasteiger partial charge is 0.394 e. The fraction of sp³-hybridized carbons (Fsp3) is 0.545. The summed E-state index contributed by atoms with van der Waals surface area (Å²) in [5, 5.41) is 9.21. The summed E-state index contributed by atoms with van der Waals surface area (Å²) < 4.78 is 7.42. The maximum absolute atomic E-state index is 11.7. The Balaban J connectivity index is 2.05. The Bertz CT molecular complexity index is 664. The van der Waals surface area contributed by atoms with Gasteiger partial charge in [0.15, 0.2) is 11.2 Å². The van der Waals surface area contributed by atoms with E-state index in [1.54, 1.807) is 4.57 Å². The van der Waals surface area contributed by atoms with Crippen molar-refractivity contribution in [3.8, 4) is 0 Å². The number of anilines is 1. The molecule has 3 atom stereocenters. The van der Waals surface area contributed by atoms with E-state index >= 15 is 0 Å². The highest BCUT2D eigenvalue weighted by Crippen LogP contribution is 2.33. The number of aliphatic hydroxyl groups excluding tert-OH is 1. The smallest absolute Gasteiger partial charge is 0.280 e. The highest BCUT2D eigenvalue weighted by atomic mass is 16.5. The molecule has 3 heterocycles. The Labute approximate surface area is 108 Å². The minimum absolute atomic E-state index is 0.0273. The highest BCUT2D eigenvalue weighted by Gasteiger charge is 2.33. The van der Waals surface area contributed by atoms with Crippen molar-refractivity contribution in [3.63, 3.8) is 0 Å². The monoisotopic (exact) mass is 265 g/mol. The van der Waals surface area contributed by atoms with Crippen molar-refractivity contribution in [1.82, 2.24) is 19.5 Å². The summed E-state index contributed by atoms with van der Waals surface area (Å²) in [4.78, 5) is 22.2. The predicted octanol–water partition coefficient (Wildman–Crippen LogP) is -0.382. The first-order chi connectivity index (χ1) is 9.10. The molecule has 1 fully saturated rings. The number of fused-ring (bicyclic) bond motifs is 1. The van der Waals surface area contributed by atoms with Crippen LogP contribution in [0.2, 0.25) is 0 Å². The van der Waals surface area contributed by atoms with Crippen LogP contribution in [0, 0.1) is 5.92 Å². The maximum Gasteiger partial charge on any atom is 0.280 e. The predicted molar refractivity (Wildman–Crippen MR) is 67.3 cm³/mol. The first-order valence-corrected chi connectivity index (χ1v) is 6.08. The lowest BCUT2D eigenvalue weighted by atomic mass is 10.0. The number of nitrogens with one attached hydrogen (secondary N) is 1. The Kier molecular flexibility index (Phi) is 2.76. The minimum Gasteiger partial charge on any atom is -0.394 e. The van der Waals surface area contributed by atoms with Gasteiger partial charge in [0.1, 0.15) is 6.23 Å². The van der Waals surface area contributed by atoms with Crippen LogP contribution >= 0.6 is 0 Å². The van der Waals surface area contributed by atoms with Gasteiger partial charge in [0.05, 0.1) is 19.0 Å². The standard InChI is InChI=1S/C11H15N5O3/c1-5-2-7(19-6(5)3-17)16-4-13-8-9(16)14-11(12)15-10(8)18/h4-7,17H,2-3H2,1H3,(H3,12,14,15,18)/t5-,6-,7-/m1/s1. The lowest BCUT2D eigenvalue weighted by Gasteiger charge is -2.13. The van der Waals surface area contributed by atoms with E-state index in [2.05, 4.69) is 15.0 Å². The molecule has 1 aliphatic rings. The SMILES string of the molecule is C[C@@H]1C[C@H](n2cnc3c(=O)[nH]c(N)nc32)O[C@@H]1CO. The molecule has 0 saturated carbocycles. The maximum atomic E-state index is 11.7. The molecule has 0 aliphatic carbocycles. The average Bonchev–Trinajstić information content (AvgIpc) is 2.92. The molecule has 0 unspecified atom stereocenters. The fourth-order valence-electron chi connectivity index (χ4n) is 2.42. The molecule has 2 aromatic heterocycles. The minimum atomic E-state index is -0.369. The third-order valence-electron chi connectivity index (χ3n) is 3.48. The van der Waals surface area contributed by atoms with Crippen LogP contribution < -0.4 is 11.3 Å². The molecule has 102 valence electrons. The zero-order chi connectivity index (χ0) is 13.6. The number of hydrogen-bond acceptors (Lipinski definition) is 6. The van der Waals surface area contributed by atoms with Gasteiger partial charge in [0, 0.05) is 0 Å². The summed E-state index contributed by atoms with van der Waals surface area (Å²) in [5.74, 6) is 0.274. The first-order valence-electron chi connectivity index (χ1n) is 6.08. The zero-order valence-electron chi connectivity index (χ0n) is 10.4. The van der Waals surface area contributed by atoms with Gasteiger partial charge in [-0.3, -0.25) is 14.3 Å². The van der Waals surface area contributed by atoms with Gasteiger partial charge >= 0.3 is 0 Å². The van der Waals surface area contributed by atoms with Crippen LogP contribution in [0.4, 0.5) is 5.95 Å². The van der Waals surface area contributed by atoms with E-state index in [0.29, 0.717) is 5.65 Å². The van der Waals surface area contributed by atoms with Crippen molar-refractivity contribution in [1.29, 1.82) is 0 Å². The molecular weight excluding hydrogens is 250 g/mol. The second kappa shape index (κ2) is 4.32. The number of hydrogen-bond donors (Lipinski definition) is 3. The Morgan fingerprint density at radius 1 is 1.68 bits per heavy atom. The number of aromatic nitrogens is 4. The topological polar surface area (TPSA) is 119 Å². The number of rotatable bonds is 2. The van der Waals surface area contributed by atoms with E-state index in [0.717, 1.165) is 6.42 Å². The molecule has 0 radical (unpaired) electrons. The van der Waals surface area contributed by atoms with Gasteiger partial charge in [0.2, 0.25) is 5.95 Å². The third kappa shape index (κ3) is 1.89. The quantitative estimate of drug-likeness (QED) is 0.680. The Hall–Kier alpha value is -1.93. The summed E-state index contributed by atoms with van der Waals surface area (Å²) in [6.07, 6.45) is 1.75. The van der Waals surface area contributed by atoms with E-state index in [9.17, 15) is 9.90 Å². The summed E-state index contributed by atoms with van der Waals surface area (Å²) >= 11 is 0. The Morgan fingerprint density at radius 2 is 2.47 bits per heavy atom. The molecule has 0 amide bonds. The lowest BCUT2D eigenvalue weighted by Crippen LogP contribution is -2.18. The summed E-state index contributed by atoms with van der Waals surface area (Å²) in [7, 11) is 0. The number of aromatic amines is 1. The van der Waals surface area contributed by atoms with E-state index in [4.69, 9.17) is 10.5 Å². The third-order valence-corrected chi connectivity index (χ3v) is 3.48. The number of ether oxygens (including phenoxy) is 1. The van der Waals surface area contributed by atoms with Gasteiger partial charge in [-0.2, -0.15) is 4.98 Å². The molecular formula is C11H15N5O3. The van der Waals surface area contributed by atoms with Crippen LogP contribution in [0.1, 0.15) is 19.6 Å². The van der Waals surface area contributed by atoms with Crippen LogP contribution in [0.15, 0.2) is 11.1 Å². The molecule has 0 bridgehead atoms. The van der Waals surface area contributed by atoms with Crippen molar-refractivity contribution in [2.75, 3.05) is 12.3 Å². The van der Waals surface area contributed by atoms with Crippen molar-refractivity contribution in [2.45, 2.75) is 25.7 Å². The molecule has 0 aromatic carbocycles. The average molecular weight is 265 g/mol. The number of H-pyrrole nitrogens is 1. The van der Waals surface area contributed by atoms with Gasteiger partial charge in [0.25, 0.3) is 5.56 Å². The number of imidazole rings is 1. The summed E-state index contributed by atoms with van der Waals surface area (Å²) in [6.45, 7) is 1.98. The fourth-order valence-corrected chi connectivity index (χ4v) is 2.42. The lowest BCUT2D eigenvalue weighted by molar-refractivity contribution is -0.0277. The van der Waals surface area contributed by atoms with Crippen LogP contribution in [0.25, 0.3) is 11.2 Å². The molecule has 4 N–H and O–H groups in total. The van der Waals surface area contributed by atoms with Gasteiger partial charge in [-0.15, -0.1) is 0 Å². The van der Waals surface area contributed by atoms with E-state index in [1.807, 2.05) is 6.92 Å². The van der Waals surface area contributed by atoms with Crippen LogP contribution in [0.5, 0.6) is 0 Å². The van der Waals surface area contributed by atoms with Crippen molar-refractivity contribution in [2.24, 2.45) is 5.92 Å². The van der Waals surface area contributed by atoms with E-state index in [1.165, 1.54) is 6.33 Å². The molecule has 8 heteroatoms. The molecule has 19 heavy (non-hydrogen) atoms. The van der Waals surface area contributed by atoms with Gasteiger partial charge in [-0.25, -0.2) is 4.98 Å².